The first kappa shape index (κ1) is 8.12. The molecule has 1 fully saturated rings. The van der Waals surface area contributed by atoms with Crippen molar-refractivity contribution in [3.63, 3.8) is 0 Å². The second-order valence-corrected chi connectivity index (χ2v) is 4.80. The minimum absolute atomic E-state index is 0.132. The van der Waals surface area contributed by atoms with Crippen molar-refractivity contribution in [1.82, 2.24) is 0 Å². The number of thioether (sulfide) groups is 1. The van der Waals surface area contributed by atoms with Gasteiger partial charge in [0.25, 0.3) is 0 Å². The van der Waals surface area contributed by atoms with Crippen LogP contribution in [0.25, 0.3) is 0 Å². The van der Waals surface area contributed by atoms with Crippen molar-refractivity contribution in [3.05, 3.63) is 0 Å². The van der Waals surface area contributed by atoms with Crippen molar-refractivity contribution in [3.8, 4) is 0 Å². The Hall–Kier alpha value is 0.0200. The Morgan fingerprint density at radius 2 is 2.10 bits per heavy atom. The van der Waals surface area contributed by atoms with Gasteiger partial charge in [-0.1, -0.05) is 0 Å². The average molecular weight is 157 g/mol. The summed E-state index contributed by atoms with van der Waals surface area (Å²) in [6.07, 6.45) is 2.53. The van der Waals surface area contributed by atoms with E-state index >= 15 is 0 Å². The van der Waals surface area contributed by atoms with Crippen LogP contribution in [0.2, 0.25) is 0 Å². The molecule has 0 spiro atoms. The normalized spacial score (nSPS) is 24.1. The zero-order valence-corrected chi connectivity index (χ0v) is 7.79. The first-order chi connectivity index (χ1) is 4.58. The van der Waals surface area contributed by atoms with Crippen molar-refractivity contribution in [1.29, 1.82) is 0 Å². The minimum Gasteiger partial charge on any atom is -0.277 e. The van der Waals surface area contributed by atoms with Crippen molar-refractivity contribution in [2.45, 2.75) is 39.2 Å². The second-order valence-electron chi connectivity index (χ2n) is 3.63. The molecule has 0 bridgehead atoms. The van der Waals surface area contributed by atoms with Crippen LogP contribution in [0, 0.1) is 0 Å². The molecule has 10 heavy (non-hydrogen) atoms. The molecule has 1 saturated heterocycles. The maximum Gasteiger partial charge on any atom is 0.0682 e. The topological polar surface area (TPSA) is 12.4 Å². The third kappa shape index (κ3) is 2.74. The Balaban J connectivity index is 2.53. The van der Waals surface area contributed by atoms with Crippen LogP contribution in [-0.4, -0.2) is 16.3 Å². The number of hydrogen-bond acceptors (Lipinski definition) is 2. The van der Waals surface area contributed by atoms with Crippen LogP contribution in [0.5, 0.6) is 0 Å². The fourth-order valence-electron chi connectivity index (χ4n) is 0.948. The van der Waals surface area contributed by atoms with E-state index in [2.05, 4.69) is 25.8 Å². The van der Waals surface area contributed by atoms with Gasteiger partial charge in [0.05, 0.1) is 10.6 Å². The number of nitrogens with zero attached hydrogens (tertiary/aromatic N) is 1. The van der Waals surface area contributed by atoms with E-state index in [0.29, 0.717) is 0 Å². The molecule has 0 aromatic rings. The van der Waals surface area contributed by atoms with Crippen LogP contribution in [0.15, 0.2) is 4.99 Å². The van der Waals surface area contributed by atoms with Crippen molar-refractivity contribution in [2.24, 2.45) is 4.99 Å². The lowest BCUT2D eigenvalue weighted by atomic mass is 10.1. The largest absolute Gasteiger partial charge is 0.277 e. The molecular formula is C8H15NS. The Bertz CT molecular complexity index is 136. The van der Waals surface area contributed by atoms with Gasteiger partial charge in [-0.25, -0.2) is 0 Å². The third-order valence-electron chi connectivity index (χ3n) is 1.26. The van der Waals surface area contributed by atoms with Crippen LogP contribution in [0.4, 0.5) is 0 Å². The highest BCUT2D eigenvalue weighted by Gasteiger charge is 2.13. The van der Waals surface area contributed by atoms with E-state index in [9.17, 15) is 0 Å². The van der Waals surface area contributed by atoms with E-state index in [4.69, 9.17) is 0 Å². The summed E-state index contributed by atoms with van der Waals surface area (Å²) in [6.45, 7) is 6.46. The molecule has 0 aromatic heterocycles. The molecule has 0 amide bonds. The monoisotopic (exact) mass is 157 g/mol. The van der Waals surface area contributed by atoms with Crippen LogP contribution in [0.3, 0.4) is 0 Å². The lowest BCUT2D eigenvalue weighted by molar-refractivity contribution is 0.584. The molecule has 0 radical (unpaired) electrons. The molecule has 1 heterocycles. The Labute approximate surface area is 67.3 Å². The maximum atomic E-state index is 4.59. The van der Waals surface area contributed by atoms with Gasteiger partial charge >= 0.3 is 0 Å². The zero-order chi connectivity index (χ0) is 7.61. The van der Waals surface area contributed by atoms with Gasteiger partial charge in [-0.05, 0) is 39.4 Å². The summed E-state index contributed by atoms with van der Waals surface area (Å²) in [5.41, 5.74) is 0.132. The summed E-state index contributed by atoms with van der Waals surface area (Å²) in [7, 11) is 0. The van der Waals surface area contributed by atoms with E-state index in [0.717, 1.165) is 0 Å². The predicted molar refractivity (Wildman–Crippen MR) is 48.9 cm³/mol. The number of aliphatic imine (C=N–C) groups is 1. The predicted octanol–water partition coefficient (Wildman–Crippen LogP) is 2.71. The van der Waals surface area contributed by atoms with Crippen molar-refractivity contribution in [2.75, 3.05) is 5.75 Å². The van der Waals surface area contributed by atoms with E-state index in [1.165, 1.54) is 23.6 Å². The highest BCUT2D eigenvalue weighted by molar-refractivity contribution is 8.14. The summed E-state index contributed by atoms with van der Waals surface area (Å²) in [5.74, 6) is 1.27. The van der Waals surface area contributed by atoms with Gasteiger partial charge in [-0.3, -0.25) is 4.99 Å². The molecule has 0 atom stereocenters. The third-order valence-corrected chi connectivity index (χ3v) is 2.39. The van der Waals surface area contributed by atoms with Gasteiger partial charge in [0.15, 0.2) is 0 Å². The molecule has 0 aliphatic carbocycles. The quantitative estimate of drug-likeness (QED) is 0.526. The Morgan fingerprint density at radius 1 is 1.40 bits per heavy atom. The summed E-state index contributed by atoms with van der Waals surface area (Å²) in [6, 6.07) is 0. The molecule has 1 rings (SSSR count). The number of rotatable bonds is 0. The molecule has 1 aliphatic heterocycles. The molecule has 0 saturated carbocycles. The molecule has 0 N–H and O–H groups in total. The highest BCUT2D eigenvalue weighted by atomic mass is 32.2. The standard InChI is InChI=1S/C8H15NS/c1-8(2,3)9-7-5-4-6-10-7/h4-6H2,1-3H3. The number of hydrogen-bond donors (Lipinski definition) is 0. The first-order valence-electron chi connectivity index (χ1n) is 3.79. The van der Waals surface area contributed by atoms with E-state index in [-0.39, 0.29) is 5.54 Å². The minimum atomic E-state index is 0.132. The molecule has 0 aromatic carbocycles. The Morgan fingerprint density at radius 3 is 2.50 bits per heavy atom. The van der Waals surface area contributed by atoms with Crippen molar-refractivity contribution >= 4 is 16.8 Å². The van der Waals surface area contributed by atoms with Gasteiger partial charge in [0.2, 0.25) is 0 Å². The zero-order valence-electron chi connectivity index (χ0n) is 6.98. The summed E-state index contributed by atoms with van der Waals surface area (Å²) in [4.78, 5) is 4.59. The van der Waals surface area contributed by atoms with Gasteiger partial charge < -0.3 is 0 Å². The summed E-state index contributed by atoms with van der Waals surface area (Å²) in [5, 5.41) is 1.35. The van der Waals surface area contributed by atoms with E-state index in [1.54, 1.807) is 0 Å². The van der Waals surface area contributed by atoms with Crippen molar-refractivity contribution < 1.29 is 0 Å². The van der Waals surface area contributed by atoms with Gasteiger partial charge in [-0.15, -0.1) is 11.8 Å². The average Bonchev–Trinajstić information content (AvgIpc) is 2.12. The lowest BCUT2D eigenvalue weighted by Crippen LogP contribution is -2.11. The second kappa shape index (κ2) is 2.95. The van der Waals surface area contributed by atoms with Gasteiger partial charge in [-0.2, -0.15) is 0 Å². The van der Waals surface area contributed by atoms with Crippen LogP contribution < -0.4 is 0 Å². The Kier molecular flexibility index (Phi) is 2.40. The fraction of sp³-hybridized carbons (Fsp3) is 0.875. The maximum absolute atomic E-state index is 4.59. The van der Waals surface area contributed by atoms with Gasteiger partial charge in [0.1, 0.15) is 0 Å². The van der Waals surface area contributed by atoms with Crippen LogP contribution in [-0.2, 0) is 0 Å². The molecule has 1 nitrogen and oxygen atoms in total. The summed E-state index contributed by atoms with van der Waals surface area (Å²) < 4.78 is 0. The van der Waals surface area contributed by atoms with Crippen LogP contribution in [0.1, 0.15) is 33.6 Å². The molecule has 2 heteroatoms. The molecule has 58 valence electrons. The smallest absolute Gasteiger partial charge is 0.0682 e. The molecular weight excluding hydrogens is 142 g/mol. The van der Waals surface area contributed by atoms with Crippen LogP contribution >= 0.6 is 11.8 Å². The van der Waals surface area contributed by atoms with Gasteiger partial charge in [0, 0.05) is 0 Å². The summed E-state index contributed by atoms with van der Waals surface area (Å²) >= 11 is 1.92. The molecule has 1 aliphatic rings. The fourth-order valence-corrected chi connectivity index (χ4v) is 2.10. The van der Waals surface area contributed by atoms with E-state index < -0.39 is 0 Å². The van der Waals surface area contributed by atoms with E-state index in [1.807, 2.05) is 11.8 Å². The SMILES string of the molecule is CC(C)(C)N=C1CCCS1. The highest BCUT2D eigenvalue weighted by Crippen LogP contribution is 2.23. The lowest BCUT2D eigenvalue weighted by Gasteiger charge is -2.12. The first-order valence-corrected chi connectivity index (χ1v) is 4.78. The molecule has 0 unspecified atom stereocenters.